The van der Waals surface area contributed by atoms with E-state index in [-0.39, 0.29) is 18.4 Å². The normalized spacial score (nSPS) is 14.4. The molecule has 29 heavy (non-hydrogen) atoms. The molecule has 2 N–H and O–H groups in total. The van der Waals surface area contributed by atoms with Crippen molar-refractivity contribution in [3.8, 4) is 0 Å². The Morgan fingerprint density at radius 3 is 2.17 bits per heavy atom. The fourth-order valence-electron chi connectivity index (χ4n) is 2.69. The zero-order chi connectivity index (χ0) is 22.0. The lowest BCUT2D eigenvalue weighted by molar-refractivity contribution is -0.142. The molecule has 0 aliphatic rings. The first-order valence-corrected chi connectivity index (χ1v) is 8.24. The molecule has 3 nitrogen and oxygen atoms in total. The monoisotopic (exact) mass is 434 g/mol. The van der Waals surface area contributed by atoms with Gasteiger partial charge in [0.25, 0.3) is 0 Å². The van der Waals surface area contributed by atoms with Crippen LogP contribution in [0.25, 0.3) is 10.9 Å². The maximum absolute atomic E-state index is 13.2. The molecule has 1 atom stereocenters. The van der Waals surface area contributed by atoms with Gasteiger partial charge in [0.15, 0.2) is 0 Å². The smallest absolute Gasteiger partial charge is 0.387 e. The molecule has 1 heterocycles. The maximum atomic E-state index is 13.2. The van der Waals surface area contributed by atoms with Gasteiger partial charge in [0.2, 0.25) is 0 Å². The summed E-state index contributed by atoms with van der Waals surface area (Å²) in [6.45, 7) is -0.649. The van der Waals surface area contributed by atoms with Gasteiger partial charge in [0.05, 0.1) is 17.2 Å². The number of aliphatic hydroxyl groups excluding tert-OH is 1. The molecule has 2 rings (SSSR count). The molecule has 1 aromatic carbocycles. The van der Waals surface area contributed by atoms with Gasteiger partial charge in [-0.3, -0.25) is 0 Å². The van der Waals surface area contributed by atoms with Gasteiger partial charge >= 0.3 is 18.5 Å². The molecule has 162 valence electrons. The molecular formula is C17H15F9N2O. The molecule has 1 aromatic heterocycles. The van der Waals surface area contributed by atoms with Crippen LogP contribution in [0, 0.1) is 0 Å². The van der Waals surface area contributed by atoms with Gasteiger partial charge in [-0.2, -0.15) is 39.5 Å². The van der Waals surface area contributed by atoms with E-state index in [2.05, 4.69) is 10.3 Å². The second-order valence-corrected chi connectivity index (χ2v) is 6.23. The molecule has 0 aliphatic heterocycles. The predicted molar refractivity (Wildman–Crippen MR) is 84.9 cm³/mol. The van der Waals surface area contributed by atoms with Crippen molar-refractivity contribution in [1.29, 1.82) is 0 Å². The lowest BCUT2D eigenvalue weighted by Gasteiger charge is -2.19. The third kappa shape index (κ3) is 6.20. The summed E-state index contributed by atoms with van der Waals surface area (Å²) in [5.41, 5.74) is -4.45. The van der Waals surface area contributed by atoms with E-state index < -0.39 is 59.9 Å². The van der Waals surface area contributed by atoms with Crippen molar-refractivity contribution in [2.24, 2.45) is 0 Å². The van der Waals surface area contributed by atoms with Crippen molar-refractivity contribution >= 4 is 10.9 Å². The van der Waals surface area contributed by atoms with E-state index in [9.17, 15) is 44.6 Å². The van der Waals surface area contributed by atoms with E-state index in [1.807, 2.05) is 0 Å². The van der Waals surface area contributed by atoms with Crippen LogP contribution >= 0.6 is 0 Å². The standard InChI is InChI=1S/C17H15F9N2O/c18-15(19,20)5-2-6-27-8-12(29)10-7-13(17(24,25)26)28-14-9(10)3-1-4-11(14)16(21,22)23/h1,3-4,7,12,27,29H,2,5-6,8H2/t12-/m1/s1. The molecule has 0 amide bonds. The maximum Gasteiger partial charge on any atom is 0.433 e. The molecular weight excluding hydrogens is 419 g/mol. The van der Waals surface area contributed by atoms with Crippen molar-refractivity contribution in [3.63, 3.8) is 0 Å². The molecule has 0 spiro atoms. The second-order valence-electron chi connectivity index (χ2n) is 6.23. The highest BCUT2D eigenvalue weighted by atomic mass is 19.4. The summed E-state index contributed by atoms with van der Waals surface area (Å²) in [6, 6.07) is 3.05. The van der Waals surface area contributed by atoms with Crippen LogP contribution in [0.5, 0.6) is 0 Å². The Morgan fingerprint density at radius 2 is 1.62 bits per heavy atom. The van der Waals surface area contributed by atoms with E-state index in [1.165, 1.54) is 0 Å². The number of hydrogen-bond donors (Lipinski definition) is 2. The summed E-state index contributed by atoms with van der Waals surface area (Å²) < 4.78 is 115. The molecule has 2 aromatic rings. The highest BCUT2D eigenvalue weighted by Crippen LogP contribution is 2.38. The van der Waals surface area contributed by atoms with Crippen molar-refractivity contribution in [2.45, 2.75) is 37.5 Å². The van der Waals surface area contributed by atoms with Crippen LogP contribution < -0.4 is 5.32 Å². The Balaban J connectivity index is 2.36. The Bertz CT molecular complexity index is 844. The lowest BCUT2D eigenvalue weighted by Crippen LogP contribution is -2.24. The van der Waals surface area contributed by atoms with Crippen molar-refractivity contribution < 1.29 is 44.6 Å². The number of benzene rings is 1. The highest BCUT2D eigenvalue weighted by molar-refractivity contribution is 5.86. The Labute approximate surface area is 158 Å². The Kier molecular flexibility index (Phi) is 6.68. The minimum absolute atomic E-state index is 0.195. The van der Waals surface area contributed by atoms with Crippen LogP contribution in [-0.4, -0.2) is 29.4 Å². The number of para-hydroxylation sites is 1. The molecule has 12 heteroatoms. The van der Waals surface area contributed by atoms with E-state index in [0.717, 1.165) is 12.1 Å². The first kappa shape index (κ1) is 23.2. The third-order valence-electron chi connectivity index (χ3n) is 3.98. The van der Waals surface area contributed by atoms with Crippen LogP contribution in [-0.2, 0) is 12.4 Å². The molecule has 0 bridgehead atoms. The van der Waals surface area contributed by atoms with E-state index >= 15 is 0 Å². The zero-order valence-corrected chi connectivity index (χ0v) is 14.5. The van der Waals surface area contributed by atoms with Gasteiger partial charge in [-0.1, -0.05) is 12.1 Å². The van der Waals surface area contributed by atoms with Crippen LogP contribution in [0.15, 0.2) is 24.3 Å². The van der Waals surface area contributed by atoms with E-state index in [0.29, 0.717) is 12.1 Å². The van der Waals surface area contributed by atoms with Gasteiger partial charge in [-0.05, 0) is 30.7 Å². The molecule has 0 saturated carbocycles. The van der Waals surface area contributed by atoms with Gasteiger partial charge in [0, 0.05) is 18.4 Å². The topological polar surface area (TPSA) is 45.1 Å². The fourth-order valence-corrected chi connectivity index (χ4v) is 2.69. The predicted octanol–water partition coefficient (Wildman–Crippen LogP) is 5.24. The number of aliphatic hydroxyl groups is 1. The number of aromatic nitrogens is 1. The average molecular weight is 434 g/mol. The summed E-state index contributed by atoms with van der Waals surface area (Å²) in [7, 11) is 0. The van der Waals surface area contributed by atoms with E-state index in [4.69, 9.17) is 0 Å². The second kappa shape index (κ2) is 8.34. The third-order valence-corrected chi connectivity index (χ3v) is 3.98. The fraction of sp³-hybridized carbons (Fsp3) is 0.471. The summed E-state index contributed by atoms with van der Waals surface area (Å²) in [5.74, 6) is 0. The molecule has 0 saturated heterocycles. The first-order chi connectivity index (χ1) is 13.2. The highest BCUT2D eigenvalue weighted by Gasteiger charge is 2.38. The minimum atomic E-state index is -5.07. The number of rotatable bonds is 6. The zero-order valence-electron chi connectivity index (χ0n) is 14.5. The van der Waals surface area contributed by atoms with Crippen LogP contribution in [0.4, 0.5) is 39.5 Å². The van der Waals surface area contributed by atoms with Crippen LogP contribution in [0.2, 0.25) is 0 Å². The van der Waals surface area contributed by atoms with Crippen molar-refractivity contribution in [3.05, 3.63) is 41.1 Å². The largest absolute Gasteiger partial charge is 0.433 e. The van der Waals surface area contributed by atoms with Crippen molar-refractivity contribution in [2.75, 3.05) is 13.1 Å². The minimum Gasteiger partial charge on any atom is -0.387 e. The number of halogens is 9. The lowest BCUT2D eigenvalue weighted by atomic mass is 9.99. The molecule has 0 fully saturated rings. The molecule has 0 radical (unpaired) electrons. The summed E-state index contributed by atoms with van der Waals surface area (Å²) >= 11 is 0. The van der Waals surface area contributed by atoms with Gasteiger partial charge in [-0.15, -0.1) is 0 Å². The number of alkyl halides is 9. The Hall–Kier alpha value is -2.08. The molecule has 0 unspecified atom stereocenters. The first-order valence-electron chi connectivity index (χ1n) is 8.24. The van der Waals surface area contributed by atoms with Crippen LogP contribution in [0.1, 0.15) is 35.8 Å². The summed E-state index contributed by atoms with van der Waals surface area (Å²) in [5, 5.41) is 12.3. The van der Waals surface area contributed by atoms with E-state index in [1.54, 1.807) is 0 Å². The van der Waals surface area contributed by atoms with Gasteiger partial charge in [0.1, 0.15) is 5.69 Å². The number of hydrogen-bond acceptors (Lipinski definition) is 3. The van der Waals surface area contributed by atoms with Crippen LogP contribution in [0.3, 0.4) is 0 Å². The Morgan fingerprint density at radius 1 is 0.966 bits per heavy atom. The SMILES string of the molecule is O[C@H](CNCCCC(F)(F)F)c1cc(C(F)(F)F)nc2c(C(F)(F)F)cccc12. The quantitative estimate of drug-likeness (QED) is 0.483. The summed E-state index contributed by atoms with van der Waals surface area (Å²) in [4.78, 5) is 3.09. The number of nitrogens with one attached hydrogen (secondary N) is 1. The number of pyridine rings is 1. The van der Waals surface area contributed by atoms with Gasteiger partial charge in [-0.25, -0.2) is 4.98 Å². The van der Waals surface area contributed by atoms with Gasteiger partial charge < -0.3 is 10.4 Å². The summed E-state index contributed by atoms with van der Waals surface area (Å²) in [6.07, 6.45) is -17.6. The number of nitrogens with zero attached hydrogens (tertiary/aromatic N) is 1. The van der Waals surface area contributed by atoms with Crippen molar-refractivity contribution in [1.82, 2.24) is 10.3 Å². The average Bonchev–Trinajstić information content (AvgIpc) is 2.57. The number of fused-ring (bicyclic) bond motifs is 1. The molecule has 0 aliphatic carbocycles.